The Morgan fingerprint density at radius 1 is 1.03 bits per heavy atom. The van der Waals surface area contributed by atoms with Gasteiger partial charge in [0.25, 0.3) is 0 Å². The normalized spacial score (nSPS) is 14.0. The van der Waals surface area contributed by atoms with Gasteiger partial charge in [0.15, 0.2) is 0 Å². The molecule has 1 fully saturated rings. The summed E-state index contributed by atoms with van der Waals surface area (Å²) in [6.45, 7) is 4.42. The molecule has 1 saturated carbocycles. The van der Waals surface area contributed by atoms with Gasteiger partial charge in [0.05, 0.1) is 11.0 Å². The van der Waals surface area contributed by atoms with E-state index in [4.69, 9.17) is 4.74 Å². The first kappa shape index (κ1) is 21.3. The Labute approximate surface area is 172 Å². The molecular formula is C22H28N2O4S. The second kappa shape index (κ2) is 9.41. The van der Waals surface area contributed by atoms with Crippen molar-refractivity contribution in [2.24, 2.45) is 0 Å². The SMILES string of the molecule is CC(C)Oc1ccc(CNC(=O)CCc2ccc(S(=O)(=O)NC3CC3)cc2)cc1. The monoisotopic (exact) mass is 416 g/mol. The van der Waals surface area contributed by atoms with Crippen LogP contribution in [0.15, 0.2) is 53.4 Å². The van der Waals surface area contributed by atoms with Crippen molar-refractivity contribution in [2.75, 3.05) is 0 Å². The molecular weight excluding hydrogens is 388 g/mol. The number of benzene rings is 2. The van der Waals surface area contributed by atoms with Gasteiger partial charge in [0, 0.05) is 19.0 Å². The minimum Gasteiger partial charge on any atom is -0.491 e. The molecule has 0 aliphatic heterocycles. The summed E-state index contributed by atoms with van der Waals surface area (Å²) >= 11 is 0. The third kappa shape index (κ3) is 6.87. The maximum atomic E-state index is 12.2. The predicted octanol–water partition coefficient (Wildman–Crippen LogP) is 3.16. The highest BCUT2D eigenvalue weighted by molar-refractivity contribution is 7.89. The molecule has 0 radical (unpaired) electrons. The van der Waals surface area contributed by atoms with Crippen molar-refractivity contribution in [3.63, 3.8) is 0 Å². The van der Waals surface area contributed by atoms with Crippen molar-refractivity contribution in [3.8, 4) is 5.75 Å². The van der Waals surface area contributed by atoms with Gasteiger partial charge in [0.2, 0.25) is 15.9 Å². The van der Waals surface area contributed by atoms with Gasteiger partial charge in [0.1, 0.15) is 5.75 Å². The number of hydrogen-bond donors (Lipinski definition) is 2. The summed E-state index contributed by atoms with van der Waals surface area (Å²) in [5, 5.41) is 2.91. The van der Waals surface area contributed by atoms with E-state index in [0.717, 1.165) is 29.7 Å². The van der Waals surface area contributed by atoms with E-state index in [1.165, 1.54) is 0 Å². The number of sulfonamides is 1. The average molecular weight is 417 g/mol. The van der Waals surface area contributed by atoms with Gasteiger partial charge < -0.3 is 10.1 Å². The van der Waals surface area contributed by atoms with Crippen molar-refractivity contribution < 1.29 is 17.9 Å². The molecule has 0 aromatic heterocycles. The number of carbonyl (C=O) groups excluding carboxylic acids is 1. The molecule has 156 valence electrons. The van der Waals surface area contributed by atoms with Gasteiger partial charge in [-0.15, -0.1) is 0 Å². The lowest BCUT2D eigenvalue weighted by molar-refractivity contribution is -0.121. The third-order valence-corrected chi connectivity index (χ3v) is 6.09. The first-order valence-electron chi connectivity index (χ1n) is 9.95. The first-order valence-corrected chi connectivity index (χ1v) is 11.4. The fourth-order valence-corrected chi connectivity index (χ4v) is 4.13. The van der Waals surface area contributed by atoms with Crippen LogP contribution in [0.5, 0.6) is 5.75 Å². The number of hydrogen-bond acceptors (Lipinski definition) is 4. The molecule has 0 spiro atoms. The summed E-state index contributed by atoms with van der Waals surface area (Å²) in [6.07, 6.45) is 2.85. The predicted molar refractivity (Wildman–Crippen MR) is 112 cm³/mol. The minimum absolute atomic E-state index is 0.0420. The Hall–Kier alpha value is -2.38. The quantitative estimate of drug-likeness (QED) is 0.623. The van der Waals surface area contributed by atoms with Crippen LogP contribution in [0.3, 0.4) is 0 Å². The summed E-state index contributed by atoms with van der Waals surface area (Å²) in [7, 11) is -3.43. The first-order chi connectivity index (χ1) is 13.8. The number of carbonyl (C=O) groups is 1. The summed E-state index contributed by atoms with van der Waals surface area (Å²) < 4.78 is 32.6. The number of nitrogens with one attached hydrogen (secondary N) is 2. The summed E-state index contributed by atoms with van der Waals surface area (Å²) in [6, 6.07) is 14.5. The Balaban J connectivity index is 1.43. The molecule has 0 saturated heterocycles. The molecule has 0 unspecified atom stereocenters. The van der Waals surface area contributed by atoms with Crippen molar-refractivity contribution in [3.05, 3.63) is 59.7 Å². The second-order valence-electron chi connectivity index (χ2n) is 7.63. The van der Waals surface area contributed by atoms with E-state index in [0.29, 0.717) is 19.4 Å². The van der Waals surface area contributed by atoms with Gasteiger partial charge in [-0.1, -0.05) is 24.3 Å². The van der Waals surface area contributed by atoms with E-state index in [2.05, 4.69) is 10.0 Å². The highest BCUT2D eigenvalue weighted by Crippen LogP contribution is 2.22. The van der Waals surface area contributed by atoms with Crippen LogP contribution in [0.4, 0.5) is 0 Å². The van der Waals surface area contributed by atoms with Crippen molar-refractivity contribution in [2.45, 2.75) is 63.1 Å². The minimum atomic E-state index is -3.43. The molecule has 1 aliphatic rings. The van der Waals surface area contributed by atoms with Crippen LogP contribution < -0.4 is 14.8 Å². The van der Waals surface area contributed by atoms with Crippen LogP contribution >= 0.6 is 0 Å². The Bertz CT molecular complexity index is 918. The van der Waals surface area contributed by atoms with Gasteiger partial charge in [-0.2, -0.15) is 0 Å². The second-order valence-corrected chi connectivity index (χ2v) is 9.34. The molecule has 3 rings (SSSR count). The van der Waals surface area contributed by atoms with E-state index in [9.17, 15) is 13.2 Å². The van der Waals surface area contributed by atoms with Gasteiger partial charge in [-0.05, 0) is 68.5 Å². The van der Waals surface area contributed by atoms with Gasteiger partial charge >= 0.3 is 0 Å². The van der Waals surface area contributed by atoms with Crippen LogP contribution in [0, 0.1) is 0 Å². The topological polar surface area (TPSA) is 84.5 Å². The summed E-state index contributed by atoms with van der Waals surface area (Å²) in [4.78, 5) is 12.4. The lowest BCUT2D eigenvalue weighted by Gasteiger charge is -2.10. The Morgan fingerprint density at radius 2 is 1.66 bits per heavy atom. The molecule has 0 atom stereocenters. The molecule has 29 heavy (non-hydrogen) atoms. The molecule has 0 heterocycles. The van der Waals surface area contributed by atoms with Gasteiger partial charge in [-0.25, -0.2) is 13.1 Å². The number of rotatable bonds is 10. The van der Waals surface area contributed by atoms with Crippen molar-refractivity contribution in [1.82, 2.24) is 10.0 Å². The maximum Gasteiger partial charge on any atom is 0.240 e. The van der Waals surface area contributed by atoms with E-state index in [1.807, 2.05) is 38.1 Å². The third-order valence-electron chi connectivity index (χ3n) is 4.56. The van der Waals surface area contributed by atoms with Crippen molar-refractivity contribution >= 4 is 15.9 Å². The standard InChI is InChI=1S/C22H28N2O4S/c1-16(2)28-20-10-3-18(4-11-20)15-23-22(25)14-7-17-5-12-21(13-6-17)29(26,27)24-19-8-9-19/h3-6,10-13,16,19,24H,7-9,14-15H2,1-2H3,(H,23,25). The maximum absolute atomic E-state index is 12.2. The smallest absolute Gasteiger partial charge is 0.240 e. The Morgan fingerprint density at radius 3 is 2.24 bits per heavy atom. The van der Waals surface area contributed by atoms with Gasteiger partial charge in [-0.3, -0.25) is 4.79 Å². The van der Waals surface area contributed by atoms with E-state index >= 15 is 0 Å². The molecule has 1 aliphatic carbocycles. The van der Waals surface area contributed by atoms with Crippen molar-refractivity contribution in [1.29, 1.82) is 0 Å². The Kier molecular flexibility index (Phi) is 6.92. The zero-order valence-electron chi connectivity index (χ0n) is 16.9. The molecule has 1 amide bonds. The fraction of sp³-hybridized carbons (Fsp3) is 0.409. The number of amides is 1. The molecule has 2 aromatic carbocycles. The summed E-state index contributed by atoms with van der Waals surface area (Å²) in [5.41, 5.74) is 1.94. The lowest BCUT2D eigenvalue weighted by atomic mass is 10.1. The number of aryl methyl sites for hydroxylation is 1. The highest BCUT2D eigenvalue weighted by atomic mass is 32.2. The number of ether oxygens (including phenoxy) is 1. The lowest BCUT2D eigenvalue weighted by Crippen LogP contribution is -2.25. The van der Waals surface area contributed by atoms with Crippen LogP contribution in [0.2, 0.25) is 0 Å². The van der Waals surface area contributed by atoms with Crippen LogP contribution in [0.25, 0.3) is 0 Å². The van der Waals surface area contributed by atoms with E-state index in [-0.39, 0.29) is 22.9 Å². The zero-order valence-corrected chi connectivity index (χ0v) is 17.7. The molecule has 2 aromatic rings. The largest absolute Gasteiger partial charge is 0.491 e. The zero-order chi connectivity index (χ0) is 20.9. The highest BCUT2D eigenvalue weighted by Gasteiger charge is 2.27. The van der Waals surface area contributed by atoms with E-state index < -0.39 is 10.0 Å². The molecule has 0 bridgehead atoms. The average Bonchev–Trinajstić information content (AvgIpc) is 3.49. The van der Waals surface area contributed by atoms with Crippen LogP contribution in [0.1, 0.15) is 44.2 Å². The molecule has 2 N–H and O–H groups in total. The van der Waals surface area contributed by atoms with Crippen LogP contribution in [-0.4, -0.2) is 26.5 Å². The summed E-state index contributed by atoms with van der Waals surface area (Å²) in [5.74, 6) is 0.771. The molecule has 7 heteroatoms. The van der Waals surface area contributed by atoms with Crippen LogP contribution in [-0.2, 0) is 27.8 Å². The fourth-order valence-electron chi connectivity index (χ4n) is 2.83. The van der Waals surface area contributed by atoms with E-state index in [1.54, 1.807) is 24.3 Å². The molecule has 6 nitrogen and oxygen atoms in total.